The van der Waals surface area contributed by atoms with Crippen molar-refractivity contribution in [1.29, 1.82) is 0 Å². The smallest absolute Gasteiger partial charge is 0.0595 e. The van der Waals surface area contributed by atoms with Gasteiger partial charge in [-0.1, -0.05) is 63.3 Å². The summed E-state index contributed by atoms with van der Waals surface area (Å²) < 4.78 is 0.984. The van der Waals surface area contributed by atoms with Gasteiger partial charge in [-0.2, -0.15) is 0 Å². The maximum Gasteiger partial charge on any atom is 0.0595 e. The highest BCUT2D eigenvalue weighted by Gasteiger charge is 2.14. The minimum absolute atomic E-state index is 0.372. The lowest BCUT2D eigenvalue weighted by molar-refractivity contribution is 0.482. The second-order valence-corrected chi connectivity index (χ2v) is 5.83. The largest absolute Gasteiger partial charge is 0.310 e. The van der Waals surface area contributed by atoms with Crippen molar-refractivity contribution in [3.05, 3.63) is 33.3 Å². The SMILES string of the molecule is CCCCCCC(NCC)c1cccc(Br)c1Cl. The van der Waals surface area contributed by atoms with Crippen molar-refractivity contribution in [2.75, 3.05) is 6.54 Å². The van der Waals surface area contributed by atoms with E-state index in [-0.39, 0.29) is 0 Å². The predicted octanol–water partition coefficient (Wildman–Crippen LogP) is 5.72. The molecule has 1 N–H and O–H groups in total. The molecule has 1 aromatic rings. The normalized spacial score (nSPS) is 12.7. The van der Waals surface area contributed by atoms with E-state index in [0.717, 1.165) is 22.5 Å². The summed E-state index contributed by atoms with van der Waals surface area (Å²) in [6.45, 7) is 5.36. The van der Waals surface area contributed by atoms with E-state index in [1.807, 2.05) is 6.07 Å². The molecule has 0 aliphatic rings. The molecule has 1 nitrogen and oxygen atoms in total. The molecule has 0 amide bonds. The lowest BCUT2D eigenvalue weighted by atomic mass is 10.00. The molecule has 0 heterocycles. The molecule has 3 heteroatoms. The molecule has 0 radical (unpaired) electrons. The summed E-state index contributed by atoms with van der Waals surface area (Å²) in [4.78, 5) is 0. The summed E-state index contributed by atoms with van der Waals surface area (Å²) in [5, 5.41) is 4.38. The molecule has 0 saturated carbocycles. The first-order chi connectivity index (χ1) is 8.70. The van der Waals surface area contributed by atoms with Gasteiger partial charge in [0.2, 0.25) is 0 Å². The Bertz CT molecular complexity index is 354. The molecule has 0 spiro atoms. The average Bonchev–Trinajstić information content (AvgIpc) is 2.37. The third kappa shape index (κ3) is 4.91. The van der Waals surface area contributed by atoms with Gasteiger partial charge < -0.3 is 5.32 Å². The summed E-state index contributed by atoms with van der Waals surface area (Å²) >= 11 is 9.88. The lowest BCUT2D eigenvalue weighted by Crippen LogP contribution is -2.21. The molecule has 1 rings (SSSR count). The molecule has 1 atom stereocenters. The lowest BCUT2D eigenvalue weighted by Gasteiger charge is -2.20. The van der Waals surface area contributed by atoms with Crippen molar-refractivity contribution in [2.45, 2.75) is 52.0 Å². The molecule has 18 heavy (non-hydrogen) atoms. The molecular formula is C15H23BrClN. The number of benzene rings is 1. The summed E-state index contributed by atoms with van der Waals surface area (Å²) in [5.74, 6) is 0. The van der Waals surface area contributed by atoms with Crippen LogP contribution in [0.2, 0.25) is 5.02 Å². The van der Waals surface area contributed by atoms with Gasteiger partial charge in [0.05, 0.1) is 5.02 Å². The number of rotatable bonds is 8. The van der Waals surface area contributed by atoms with Gasteiger partial charge in [0.1, 0.15) is 0 Å². The minimum atomic E-state index is 0.372. The topological polar surface area (TPSA) is 12.0 Å². The Balaban J connectivity index is 2.68. The second kappa shape index (κ2) is 8.95. The maximum absolute atomic E-state index is 6.38. The highest BCUT2D eigenvalue weighted by molar-refractivity contribution is 9.10. The van der Waals surface area contributed by atoms with Crippen LogP contribution in [0.15, 0.2) is 22.7 Å². The summed E-state index contributed by atoms with van der Waals surface area (Å²) in [5.41, 5.74) is 1.21. The van der Waals surface area contributed by atoms with Crippen LogP contribution in [-0.2, 0) is 0 Å². The van der Waals surface area contributed by atoms with E-state index in [4.69, 9.17) is 11.6 Å². The van der Waals surface area contributed by atoms with E-state index in [9.17, 15) is 0 Å². The van der Waals surface area contributed by atoms with Crippen molar-refractivity contribution in [3.63, 3.8) is 0 Å². The Kier molecular flexibility index (Phi) is 7.96. The fourth-order valence-corrected chi connectivity index (χ4v) is 2.82. The predicted molar refractivity (Wildman–Crippen MR) is 84.3 cm³/mol. The van der Waals surface area contributed by atoms with Crippen LogP contribution in [0.5, 0.6) is 0 Å². The van der Waals surface area contributed by atoms with Crippen molar-refractivity contribution in [2.24, 2.45) is 0 Å². The van der Waals surface area contributed by atoms with Gasteiger partial charge in [0, 0.05) is 10.5 Å². The van der Waals surface area contributed by atoms with Crippen LogP contribution in [0.3, 0.4) is 0 Å². The Morgan fingerprint density at radius 3 is 2.67 bits per heavy atom. The number of halogens is 2. The van der Waals surface area contributed by atoms with Crippen molar-refractivity contribution in [1.82, 2.24) is 5.32 Å². The molecule has 1 aromatic carbocycles. The van der Waals surface area contributed by atoms with Crippen LogP contribution in [-0.4, -0.2) is 6.54 Å². The number of hydrogen-bond donors (Lipinski definition) is 1. The molecule has 102 valence electrons. The van der Waals surface area contributed by atoms with Gasteiger partial charge in [-0.05, 0) is 40.5 Å². The van der Waals surface area contributed by atoms with E-state index < -0.39 is 0 Å². The maximum atomic E-state index is 6.38. The van der Waals surface area contributed by atoms with Gasteiger partial charge >= 0.3 is 0 Å². The second-order valence-electron chi connectivity index (χ2n) is 4.60. The van der Waals surface area contributed by atoms with Crippen LogP contribution in [0, 0.1) is 0 Å². The van der Waals surface area contributed by atoms with Gasteiger partial charge in [0.15, 0.2) is 0 Å². The Morgan fingerprint density at radius 2 is 2.00 bits per heavy atom. The van der Waals surface area contributed by atoms with Crippen molar-refractivity contribution >= 4 is 27.5 Å². The standard InChI is InChI=1S/C15H23BrClN/c1-3-5-6-7-11-14(18-4-2)12-9-8-10-13(16)15(12)17/h8-10,14,18H,3-7,11H2,1-2H3. The van der Waals surface area contributed by atoms with Crippen LogP contribution in [0.4, 0.5) is 0 Å². The molecule has 0 bridgehead atoms. The van der Waals surface area contributed by atoms with Gasteiger partial charge in [-0.3, -0.25) is 0 Å². The van der Waals surface area contributed by atoms with Crippen LogP contribution in [0.1, 0.15) is 57.6 Å². The zero-order valence-corrected chi connectivity index (χ0v) is 13.6. The Hall–Kier alpha value is -0.0500. The first kappa shape index (κ1) is 16.0. The van der Waals surface area contributed by atoms with E-state index in [1.54, 1.807) is 0 Å². The number of nitrogens with one attached hydrogen (secondary N) is 1. The minimum Gasteiger partial charge on any atom is -0.310 e. The molecular weight excluding hydrogens is 310 g/mol. The van der Waals surface area contributed by atoms with Crippen LogP contribution in [0.25, 0.3) is 0 Å². The molecule has 0 aliphatic heterocycles. The highest BCUT2D eigenvalue weighted by atomic mass is 79.9. The van der Waals surface area contributed by atoms with E-state index in [0.29, 0.717) is 6.04 Å². The average molecular weight is 333 g/mol. The highest BCUT2D eigenvalue weighted by Crippen LogP contribution is 2.32. The fraction of sp³-hybridized carbons (Fsp3) is 0.600. The third-order valence-corrected chi connectivity index (χ3v) is 4.46. The quantitative estimate of drug-likeness (QED) is 0.600. The van der Waals surface area contributed by atoms with Crippen LogP contribution < -0.4 is 5.32 Å². The molecule has 1 unspecified atom stereocenters. The monoisotopic (exact) mass is 331 g/mol. The third-order valence-electron chi connectivity index (χ3n) is 3.15. The summed E-state index contributed by atoms with van der Waals surface area (Å²) in [6, 6.07) is 6.55. The van der Waals surface area contributed by atoms with Gasteiger partial charge in [-0.15, -0.1) is 0 Å². The summed E-state index contributed by atoms with van der Waals surface area (Å²) in [6.07, 6.45) is 6.33. The molecule has 0 saturated heterocycles. The zero-order valence-electron chi connectivity index (χ0n) is 11.3. The molecule has 0 fully saturated rings. The number of unbranched alkanes of at least 4 members (excludes halogenated alkanes) is 3. The van der Waals surface area contributed by atoms with E-state index >= 15 is 0 Å². The number of hydrogen-bond acceptors (Lipinski definition) is 1. The van der Waals surface area contributed by atoms with Gasteiger partial charge in [-0.25, -0.2) is 0 Å². The fourth-order valence-electron chi connectivity index (χ4n) is 2.18. The zero-order chi connectivity index (χ0) is 13.4. The Labute approximate surface area is 124 Å². The molecule has 0 aromatic heterocycles. The summed E-state index contributed by atoms with van der Waals surface area (Å²) in [7, 11) is 0. The van der Waals surface area contributed by atoms with Crippen molar-refractivity contribution < 1.29 is 0 Å². The first-order valence-corrected chi connectivity index (χ1v) is 8.05. The van der Waals surface area contributed by atoms with Crippen molar-refractivity contribution in [3.8, 4) is 0 Å². The van der Waals surface area contributed by atoms with Gasteiger partial charge in [0.25, 0.3) is 0 Å². The molecule has 0 aliphatic carbocycles. The Morgan fingerprint density at radius 1 is 1.22 bits per heavy atom. The first-order valence-electron chi connectivity index (χ1n) is 6.88. The van der Waals surface area contributed by atoms with E-state index in [1.165, 1.54) is 31.2 Å². The van der Waals surface area contributed by atoms with E-state index in [2.05, 4.69) is 47.2 Å². The van der Waals surface area contributed by atoms with Crippen LogP contribution >= 0.6 is 27.5 Å².